The van der Waals surface area contributed by atoms with E-state index in [2.05, 4.69) is 5.32 Å². The van der Waals surface area contributed by atoms with Gasteiger partial charge in [-0.2, -0.15) is 5.26 Å². The number of hydrogen-bond acceptors (Lipinski definition) is 4. The Bertz CT molecular complexity index is 854. The number of carbonyl (C=O) groups is 1. The second-order valence-electron chi connectivity index (χ2n) is 5.05. The van der Waals surface area contributed by atoms with Crippen molar-refractivity contribution in [1.82, 2.24) is 0 Å². The smallest absolute Gasteiger partial charge is 0.266 e. The summed E-state index contributed by atoms with van der Waals surface area (Å²) in [5.41, 5.74) is 1.96. The van der Waals surface area contributed by atoms with Crippen molar-refractivity contribution in [2.75, 3.05) is 12.4 Å². The Kier molecular flexibility index (Phi) is 5.46. The number of halogens is 1. The van der Waals surface area contributed by atoms with E-state index >= 15 is 0 Å². The average Bonchev–Trinajstić information content (AvgIpc) is 2.55. The molecule has 0 atom stereocenters. The molecule has 0 saturated heterocycles. The van der Waals surface area contributed by atoms with Crippen molar-refractivity contribution in [3.05, 3.63) is 58.1 Å². The zero-order valence-corrected chi connectivity index (χ0v) is 13.9. The van der Waals surface area contributed by atoms with Crippen molar-refractivity contribution >= 4 is 29.3 Å². The molecule has 0 aliphatic rings. The monoisotopic (exact) mass is 342 g/mol. The van der Waals surface area contributed by atoms with Gasteiger partial charge in [-0.25, -0.2) is 0 Å². The van der Waals surface area contributed by atoms with Crippen molar-refractivity contribution in [1.29, 1.82) is 5.26 Å². The highest BCUT2D eigenvalue weighted by molar-refractivity contribution is 6.32. The molecule has 24 heavy (non-hydrogen) atoms. The second-order valence-corrected chi connectivity index (χ2v) is 5.45. The van der Waals surface area contributed by atoms with Crippen LogP contribution in [0.5, 0.6) is 11.5 Å². The van der Waals surface area contributed by atoms with Crippen LogP contribution in [0.4, 0.5) is 5.69 Å². The number of anilines is 1. The molecule has 6 heteroatoms. The van der Waals surface area contributed by atoms with Crippen LogP contribution in [0.2, 0.25) is 5.02 Å². The zero-order chi connectivity index (χ0) is 17.7. The van der Waals surface area contributed by atoms with Crippen molar-refractivity contribution in [3.63, 3.8) is 0 Å². The molecule has 122 valence electrons. The Morgan fingerprint density at radius 2 is 2.12 bits per heavy atom. The van der Waals surface area contributed by atoms with Crippen LogP contribution >= 0.6 is 11.6 Å². The first kappa shape index (κ1) is 17.4. The Labute approximate surface area is 144 Å². The van der Waals surface area contributed by atoms with Crippen molar-refractivity contribution in [2.45, 2.75) is 6.92 Å². The third-order valence-corrected chi connectivity index (χ3v) is 3.51. The van der Waals surface area contributed by atoms with E-state index < -0.39 is 5.91 Å². The average molecular weight is 343 g/mol. The number of benzene rings is 2. The predicted molar refractivity (Wildman–Crippen MR) is 93.1 cm³/mol. The van der Waals surface area contributed by atoms with E-state index in [1.165, 1.54) is 25.3 Å². The molecule has 2 aromatic rings. The van der Waals surface area contributed by atoms with Crippen LogP contribution in [0.3, 0.4) is 0 Å². The maximum absolute atomic E-state index is 12.3. The summed E-state index contributed by atoms with van der Waals surface area (Å²) < 4.78 is 5.00. The summed E-state index contributed by atoms with van der Waals surface area (Å²) in [6.07, 6.45) is 1.37. The third kappa shape index (κ3) is 4.06. The highest BCUT2D eigenvalue weighted by atomic mass is 35.5. The summed E-state index contributed by atoms with van der Waals surface area (Å²) in [5, 5.41) is 21.7. The molecule has 2 aromatic carbocycles. The van der Waals surface area contributed by atoms with Gasteiger partial charge in [0.25, 0.3) is 5.91 Å². The molecule has 1 amide bonds. The highest BCUT2D eigenvalue weighted by Gasteiger charge is 2.12. The number of nitriles is 1. The van der Waals surface area contributed by atoms with Gasteiger partial charge in [0.05, 0.1) is 12.1 Å². The molecular weight excluding hydrogens is 328 g/mol. The number of methoxy groups -OCH3 is 1. The lowest BCUT2D eigenvalue weighted by molar-refractivity contribution is -0.112. The minimum absolute atomic E-state index is 0.0667. The number of phenols is 1. The number of rotatable bonds is 4. The molecule has 0 radical (unpaired) electrons. The molecule has 0 unspecified atom stereocenters. The molecule has 2 rings (SSSR count). The van der Waals surface area contributed by atoms with E-state index in [9.17, 15) is 15.2 Å². The van der Waals surface area contributed by atoms with Gasteiger partial charge in [0.15, 0.2) is 11.5 Å². The fourth-order valence-corrected chi connectivity index (χ4v) is 2.29. The molecule has 0 aromatic heterocycles. The minimum atomic E-state index is -0.536. The quantitative estimate of drug-likeness (QED) is 0.652. The van der Waals surface area contributed by atoms with E-state index in [1.54, 1.807) is 12.1 Å². The summed E-state index contributed by atoms with van der Waals surface area (Å²) in [6.45, 7) is 1.90. The highest BCUT2D eigenvalue weighted by Crippen LogP contribution is 2.35. The summed E-state index contributed by atoms with van der Waals surface area (Å²) >= 11 is 5.91. The zero-order valence-electron chi connectivity index (χ0n) is 13.1. The topological polar surface area (TPSA) is 82.3 Å². The van der Waals surface area contributed by atoms with Crippen molar-refractivity contribution in [2.24, 2.45) is 0 Å². The lowest BCUT2D eigenvalue weighted by atomic mass is 10.1. The number of carbonyl (C=O) groups excluding carboxylic acids is 1. The van der Waals surface area contributed by atoms with Crippen LogP contribution in [0.25, 0.3) is 6.08 Å². The van der Waals surface area contributed by atoms with E-state index in [0.717, 1.165) is 5.56 Å². The minimum Gasteiger partial charge on any atom is -0.503 e. The number of hydrogen-bond donors (Lipinski definition) is 2. The molecular formula is C18H15ClN2O3. The molecule has 0 heterocycles. The summed E-state index contributed by atoms with van der Waals surface area (Å²) in [6, 6.07) is 12.0. The van der Waals surface area contributed by atoms with Gasteiger partial charge in [0.1, 0.15) is 11.6 Å². The fraction of sp³-hybridized carbons (Fsp3) is 0.111. The van der Waals surface area contributed by atoms with Crippen LogP contribution in [0, 0.1) is 18.3 Å². The van der Waals surface area contributed by atoms with E-state index in [1.807, 2.05) is 25.1 Å². The number of ether oxygens (including phenoxy) is 1. The standard InChI is InChI=1S/C18H15ClN2O3/c1-11-4-3-5-14(6-11)21-18(23)13(10-20)7-12-8-15(19)17(22)16(9-12)24-2/h3-9,22H,1-2H3,(H,21,23)/b13-7-. The van der Waals surface area contributed by atoms with Gasteiger partial charge < -0.3 is 15.2 Å². The molecule has 0 bridgehead atoms. The van der Waals surface area contributed by atoms with E-state index in [-0.39, 0.29) is 22.1 Å². The molecule has 0 saturated carbocycles. The molecule has 0 aliphatic carbocycles. The van der Waals surface area contributed by atoms with Crippen LogP contribution in [-0.4, -0.2) is 18.1 Å². The SMILES string of the molecule is COc1cc(/C=C(/C#N)C(=O)Nc2cccc(C)c2)cc(Cl)c1O. The Balaban J connectivity index is 2.31. The first-order chi connectivity index (χ1) is 11.4. The molecule has 0 aliphatic heterocycles. The maximum atomic E-state index is 12.3. The first-order valence-corrected chi connectivity index (χ1v) is 7.38. The third-order valence-electron chi connectivity index (χ3n) is 3.22. The van der Waals surface area contributed by atoms with E-state index in [4.69, 9.17) is 16.3 Å². The Hall–Kier alpha value is -2.97. The Morgan fingerprint density at radius 1 is 1.38 bits per heavy atom. The van der Waals surface area contributed by atoms with Gasteiger partial charge in [-0.15, -0.1) is 0 Å². The van der Waals surface area contributed by atoms with Gasteiger partial charge in [-0.05, 0) is 48.4 Å². The van der Waals surface area contributed by atoms with E-state index in [0.29, 0.717) is 11.3 Å². The van der Waals surface area contributed by atoms with Crippen LogP contribution in [-0.2, 0) is 4.79 Å². The normalized spacial score (nSPS) is 10.8. The maximum Gasteiger partial charge on any atom is 0.266 e. The van der Waals surface area contributed by atoms with Gasteiger partial charge in [-0.1, -0.05) is 23.7 Å². The van der Waals surface area contributed by atoms with Crippen LogP contribution in [0.1, 0.15) is 11.1 Å². The summed E-state index contributed by atoms with van der Waals surface area (Å²) in [4.78, 5) is 12.3. The van der Waals surface area contributed by atoms with Crippen molar-refractivity contribution in [3.8, 4) is 17.6 Å². The molecule has 5 nitrogen and oxygen atoms in total. The number of aromatic hydroxyl groups is 1. The number of aryl methyl sites for hydroxylation is 1. The number of nitrogens with zero attached hydrogens (tertiary/aromatic N) is 1. The fourth-order valence-electron chi connectivity index (χ4n) is 2.07. The molecule has 0 spiro atoms. The predicted octanol–water partition coefficient (Wildman–Crippen LogP) is 3.91. The first-order valence-electron chi connectivity index (χ1n) is 7.01. The number of phenolic OH excluding ortho intramolecular Hbond substituents is 1. The largest absolute Gasteiger partial charge is 0.503 e. The molecule has 0 fully saturated rings. The number of nitrogens with one attached hydrogen (secondary N) is 1. The van der Waals surface area contributed by atoms with Gasteiger partial charge >= 0.3 is 0 Å². The van der Waals surface area contributed by atoms with Crippen molar-refractivity contribution < 1.29 is 14.6 Å². The van der Waals surface area contributed by atoms with Gasteiger partial charge in [0.2, 0.25) is 0 Å². The summed E-state index contributed by atoms with van der Waals surface area (Å²) in [5.74, 6) is -0.574. The lowest BCUT2D eigenvalue weighted by Gasteiger charge is -2.07. The molecule has 2 N–H and O–H groups in total. The van der Waals surface area contributed by atoms with Crippen LogP contribution < -0.4 is 10.1 Å². The van der Waals surface area contributed by atoms with Gasteiger partial charge in [0, 0.05) is 5.69 Å². The Morgan fingerprint density at radius 3 is 2.75 bits per heavy atom. The van der Waals surface area contributed by atoms with Gasteiger partial charge in [-0.3, -0.25) is 4.79 Å². The summed E-state index contributed by atoms with van der Waals surface area (Å²) in [7, 11) is 1.38. The number of amides is 1. The van der Waals surface area contributed by atoms with Crippen LogP contribution in [0.15, 0.2) is 42.0 Å². The lowest BCUT2D eigenvalue weighted by Crippen LogP contribution is -2.13. The second kappa shape index (κ2) is 7.53.